The van der Waals surface area contributed by atoms with Crippen molar-refractivity contribution >= 4 is 32.6 Å². The molecule has 7 aromatic rings. The minimum atomic E-state index is -0.0713. The number of hydrogen-bond acceptors (Lipinski definition) is 2. The highest BCUT2D eigenvalue weighted by molar-refractivity contribution is 6.07. The zero-order valence-corrected chi connectivity index (χ0v) is 21.3. The van der Waals surface area contributed by atoms with E-state index in [4.69, 9.17) is 4.98 Å². The Morgan fingerprint density at radius 3 is 2.32 bits per heavy atom. The Kier molecular flexibility index (Phi) is 4.28. The van der Waals surface area contributed by atoms with Crippen LogP contribution >= 0.6 is 0 Å². The molecule has 8 rings (SSSR count). The molecule has 5 aromatic carbocycles. The normalized spacial score (nSPS) is 13.7. The predicted molar refractivity (Wildman–Crippen MR) is 157 cm³/mol. The Hall–Kier alpha value is -4.76. The van der Waals surface area contributed by atoms with Crippen LogP contribution in [0, 0.1) is 0 Å². The molecule has 0 N–H and O–H groups in total. The van der Waals surface area contributed by atoms with Gasteiger partial charge in [0, 0.05) is 44.6 Å². The summed E-state index contributed by atoms with van der Waals surface area (Å²) < 4.78 is 2.45. The molecule has 0 atom stereocenters. The lowest BCUT2D eigenvalue weighted by atomic mass is 9.81. The molecule has 0 aliphatic heterocycles. The SMILES string of the molecule is CC1(C)c2ccccc2-c2c1c1ccccc1n2-c1ccc2ccc3cnc(-c4ccccc4)nc3c2c1. The predicted octanol–water partition coefficient (Wildman–Crippen LogP) is 8.70. The van der Waals surface area contributed by atoms with E-state index in [0.717, 1.165) is 33.4 Å². The summed E-state index contributed by atoms with van der Waals surface area (Å²) in [5, 5.41) is 4.67. The summed E-state index contributed by atoms with van der Waals surface area (Å²) in [5.74, 6) is 0.749. The lowest BCUT2D eigenvalue weighted by molar-refractivity contribution is 0.666. The fourth-order valence-electron chi connectivity index (χ4n) is 6.43. The molecule has 2 heterocycles. The molecule has 3 nitrogen and oxygen atoms in total. The zero-order chi connectivity index (χ0) is 25.4. The van der Waals surface area contributed by atoms with Crippen molar-refractivity contribution in [3.8, 4) is 28.3 Å². The third-order valence-corrected chi connectivity index (χ3v) is 8.20. The van der Waals surface area contributed by atoms with E-state index in [-0.39, 0.29) is 5.41 Å². The van der Waals surface area contributed by atoms with Crippen molar-refractivity contribution in [2.75, 3.05) is 0 Å². The Labute approximate surface area is 221 Å². The number of benzene rings is 5. The number of fused-ring (bicyclic) bond motifs is 8. The molecule has 0 spiro atoms. The van der Waals surface area contributed by atoms with Crippen LogP contribution in [-0.2, 0) is 5.41 Å². The van der Waals surface area contributed by atoms with Crippen LogP contribution in [-0.4, -0.2) is 14.5 Å². The number of hydrogen-bond donors (Lipinski definition) is 0. The van der Waals surface area contributed by atoms with Crippen LogP contribution < -0.4 is 0 Å². The van der Waals surface area contributed by atoms with Gasteiger partial charge in [0.05, 0.1) is 16.7 Å². The van der Waals surface area contributed by atoms with E-state index >= 15 is 0 Å². The van der Waals surface area contributed by atoms with Crippen molar-refractivity contribution in [2.45, 2.75) is 19.3 Å². The highest BCUT2D eigenvalue weighted by Gasteiger charge is 2.40. The van der Waals surface area contributed by atoms with Gasteiger partial charge in [-0.15, -0.1) is 0 Å². The second kappa shape index (κ2) is 7.62. The van der Waals surface area contributed by atoms with E-state index in [0.29, 0.717) is 0 Å². The van der Waals surface area contributed by atoms with Crippen molar-refractivity contribution < 1.29 is 0 Å². The van der Waals surface area contributed by atoms with Gasteiger partial charge in [-0.25, -0.2) is 9.97 Å². The van der Waals surface area contributed by atoms with Gasteiger partial charge in [-0.1, -0.05) is 105 Å². The molecule has 1 aliphatic rings. The first kappa shape index (κ1) is 21.3. The van der Waals surface area contributed by atoms with Gasteiger partial charge in [0.1, 0.15) is 0 Å². The number of rotatable bonds is 2. The lowest BCUT2D eigenvalue weighted by Gasteiger charge is -2.21. The van der Waals surface area contributed by atoms with Gasteiger partial charge in [-0.05, 0) is 34.7 Å². The van der Waals surface area contributed by atoms with Crippen LogP contribution in [0.15, 0.2) is 115 Å². The fraction of sp³-hybridized carbons (Fsp3) is 0.0857. The van der Waals surface area contributed by atoms with E-state index in [1.165, 1.54) is 38.7 Å². The largest absolute Gasteiger partial charge is 0.309 e. The molecule has 0 amide bonds. The number of aromatic nitrogens is 3. The van der Waals surface area contributed by atoms with Gasteiger partial charge in [-0.2, -0.15) is 0 Å². The molecular weight excluding hydrogens is 462 g/mol. The minimum Gasteiger partial charge on any atom is -0.309 e. The number of para-hydroxylation sites is 1. The van der Waals surface area contributed by atoms with Crippen LogP contribution in [0.4, 0.5) is 0 Å². The topological polar surface area (TPSA) is 30.7 Å². The Bertz CT molecular complexity index is 2050. The Morgan fingerprint density at radius 1 is 0.684 bits per heavy atom. The third kappa shape index (κ3) is 2.84. The molecular formula is C35H25N3. The molecule has 2 aromatic heterocycles. The Balaban J connectivity index is 1.44. The summed E-state index contributed by atoms with van der Waals surface area (Å²) in [5.41, 5.74) is 9.72. The maximum atomic E-state index is 5.07. The molecule has 3 heteroatoms. The molecule has 0 unspecified atom stereocenters. The van der Waals surface area contributed by atoms with Gasteiger partial charge in [0.15, 0.2) is 5.82 Å². The standard InChI is InChI=1S/C35H25N3/c1-35(2)29-14-8-6-12-26(29)33-31(35)27-13-7-9-15-30(27)38(33)25-19-18-22-16-17-24-21-36-34(23-10-4-3-5-11-23)37-32(24)28(22)20-25/h3-21H,1-2H3. The molecule has 0 bridgehead atoms. The maximum Gasteiger partial charge on any atom is 0.159 e. The quantitative estimate of drug-likeness (QED) is 0.228. The molecule has 38 heavy (non-hydrogen) atoms. The van der Waals surface area contributed by atoms with E-state index in [2.05, 4.69) is 114 Å². The second-order valence-electron chi connectivity index (χ2n) is 10.7. The first-order valence-electron chi connectivity index (χ1n) is 13.1. The maximum absolute atomic E-state index is 5.07. The zero-order valence-electron chi connectivity index (χ0n) is 21.3. The first-order chi connectivity index (χ1) is 18.6. The van der Waals surface area contributed by atoms with Gasteiger partial charge < -0.3 is 4.57 Å². The van der Waals surface area contributed by atoms with Crippen LogP contribution in [0.3, 0.4) is 0 Å². The van der Waals surface area contributed by atoms with Gasteiger partial charge in [0.25, 0.3) is 0 Å². The van der Waals surface area contributed by atoms with Crippen LogP contribution in [0.25, 0.3) is 60.9 Å². The second-order valence-corrected chi connectivity index (χ2v) is 10.7. The third-order valence-electron chi connectivity index (χ3n) is 8.20. The minimum absolute atomic E-state index is 0.0713. The number of nitrogens with zero attached hydrogens (tertiary/aromatic N) is 3. The molecule has 0 radical (unpaired) electrons. The smallest absolute Gasteiger partial charge is 0.159 e. The molecule has 0 saturated carbocycles. The summed E-state index contributed by atoms with van der Waals surface area (Å²) >= 11 is 0. The monoisotopic (exact) mass is 487 g/mol. The average molecular weight is 488 g/mol. The van der Waals surface area contributed by atoms with Crippen LogP contribution in [0.5, 0.6) is 0 Å². The molecule has 1 aliphatic carbocycles. The van der Waals surface area contributed by atoms with E-state index in [1.807, 2.05) is 24.4 Å². The first-order valence-corrected chi connectivity index (χ1v) is 13.1. The van der Waals surface area contributed by atoms with E-state index in [9.17, 15) is 0 Å². The molecule has 180 valence electrons. The average Bonchev–Trinajstić information content (AvgIpc) is 3.44. The summed E-state index contributed by atoms with van der Waals surface area (Å²) in [4.78, 5) is 9.74. The van der Waals surface area contributed by atoms with Gasteiger partial charge in [-0.3, -0.25) is 0 Å². The Morgan fingerprint density at radius 2 is 1.42 bits per heavy atom. The summed E-state index contributed by atoms with van der Waals surface area (Å²) in [6.45, 7) is 4.70. The van der Waals surface area contributed by atoms with Crippen LogP contribution in [0.1, 0.15) is 25.0 Å². The summed E-state index contributed by atoms with van der Waals surface area (Å²) in [6.07, 6.45) is 1.94. The van der Waals surface area contributed by atoms with Crippen LogP contribution in [0.2, 0.25) is 0 Å². The highest BCUT2D eigenvalue weighted by atomic mass is 15.0. The van der Waals surface area contributed by atoms with E-state index < -0.39 is 0 Å². The molecule has 0 saturated heterocycles. The highest BCUT2D eigenvalue weighted by Crippen LogP contribution is 2.53. The van der Waals surface area contributed by atoms with Gasteiger partial charge in [0.2, 0.25) is 0 Å². The van der Waals surface area contributed by atoms with Crippen molar-refractivity contribution in [3.05, 3.63) is 127 Å². The van der Waals surface area contributed by atoms with E-state index in [1.54, 1.807) is 0 Å². The summed E-state index contributed by atoms with van der Waals surface area (Å²) in [6, 6.07) is 38.9. The van der Waals surface area contributed by atoms with Crippen molar-refractivity contribution in [3.63, 3.8) is 0 Å². The fourth-order valence-corrected chi connectivity index (χ4v) is 6.43. The summed E-state index contributed by atoms with van der Waals surface area (Å²) in [7, 11) is 0. The lowest BCUT2D eigenvalue weighted by Crippen LogP contribution is -2.14. The van der Waals surface area contributed by atoms with Crippen molar-refractivity contribution in [1.82, 2.24) is 14.5 Å². The van der Waals surface area contributed by atoms with Gasteiger partial charge >= 0.3 is 0 Å². The molecule has 0 fully saturated rings. The van der Waals surface area contributed by atoms with Crippen molar-refractivity contribution in [2.24, 2.45) is 0 Å². The van der Waals surface area contributed by atoms with Crippen molar-refractivity contribution in [1.29, 1.82) is 0 Å².